The van der Waals surface area contributed by atoms with E-state index in [0.717, 1.165) is 5.69 Å². The first-order chi connectivity index (χ1) is 8.09. The van der Waals surface area contributed by atoms with Crippen LogP contribution in [0.1, 0.15) is 18.5 Å². The fourth-order valence-electron chi connectivity index (χ4n) is 1.22. The molecule has 17 heavy (non-hydrogen) atoms. The number of carboxylic acid groups (broad SMARTS) is 1. The van der Waals surface area contributed by atoms with Crippen molar-refractivity contribution < 1.29 is 14.7 Å². The smallest absolute Gasteiger partial charge is 0.303 e. The second kappa shape index (κ2) is 6.59. The van der Waals surface area contributed by atoms with Crippen LogP contribution in [0.2, 0.25) is 0 Å². The summed E-state index contributed by atoms with van der Waals surface area (Å²) in [7, 11) is 0. The number of amides is 1. The molecular weight excluding hydrogens is 222 g/mol. The minimum Gasteiger partial charge on any atom is -0.481 e. The van der Waals surface area contributed by atoms with Crippen molar-refractivity contribution in [1.29, 1.82) is 0 Å². The average molecular weight is 237 g/mol. The number of carboxylic acids is 1. The monoisotopic (exact) mass is 237 g/mol. The summed E-state index contributed by atoms with van der Waals surface area (Å²) in [6.45, 7) is 0.292. The molecule has 4 N–H and O–H groups in total. The van der Waals surface area contributed by atoms with Crippen molar-refractivity contribution in [2.24, 2.45) is 5.73 Å². The Morgan fingerprint density at radius 2 is 2.24 bits per heavy atom. The minimum absolute atomic E-state index is 0.113. The zero-order chi connectivity index (χ0) is 12.7. The molecule has 1 aromatic rings. The molecule has 1 amide bonds. The maximum absolute atomic E-state index is 11.5. The van der Waals surface area contributed by atoms with Crippen molar-refractivity contribution in [3.8, 4) is 0 Å². The molecule has 1 atom stereocenters. The van der Waals surface area contributed by atoms with Gasteiger partial charge in [0.25, 0.3) is 0 Å². The van der Waals surface area contributed by atoms with Crippen molar-refractivity contribution in [1.82, 2.24) is 10.3 Å². The largest absolute Gasteiger partial charge is 0.481 e. The number of hydrogen-bond acceptors (Lipinski definition) is 4. The van der Waals surface area contributed by atoms with E-state index in [2.05, 4.69) is 10.3 Å². The molecule has 0 aromatic carbocycles. The number of carbonyl (C=O) groups excluding carboxylic acids is 1. The summed E-state index contributed by atoms with van der Waals surface area (Å²) < 4.78 is 0. The van der Waals surface area contributed by atoms with E-state index >= 15 is 0 Å². The van der Waals surface area contributed by atoms with Gasteiger partial charge in [0, 0.05) is 12.6 Å². The molecule has 0 bridgehead atoms. The highest BCUT2D eigenvalue weighted by Gasteiger charge is 2.14. The van der Waals surface area contributed by atoms with Gasteiger partial charge in [0.05, 0.1) is 18.3 Å². The molecule has 0 aliphatic heterocycles. The number of rotatable bonds is 6. The lowest BCUT2D eigenvalue weighted by molar-refractivity contribution is -0.137. The van der Waals surface area contributed by atoms with E-state index in [4.69, 9.17) is 10.8 Å². The van der Waals surface area contributed by atoms with Gasteiger partial charge in [-0.2, -0.15) is 0 Å². The fourth-order valence-corrected chi connectivity index (χ4v) is 1.22. The van der Waals surface area contributed by atoms with Crippen LogP contribution in [-0.4, -0.2) is 28.0 Å². The van der Waals surface area contributed by atoms with Crippen LogP contribution in [0.5, 0.6) is 0 Å². The molecule has 0 saturated heterocycles. The molecule has 1 rings (SSSR count). The Morgan fingerprint density at radius 3 is 2.82 bits per heavy atom. The minimum atomic E-state index is -0.960. The summed E-state index contributed by atoms with van der Waals surface area (Å²) in [6, 6.07) is 4.58. The zero-order valence-corrected chi connectivity index (χ0v) is 9.30. The quantitative estimate of drug-likeness (QED) is 0.640. The van der Waals surface area contributed by atoms with Crippen molar-refractivity contribution in [2.75, 3.05) is 0 Å². The molecule has 1 heterocycles. The van der Waals surface area contributed by atoms with Gasteiger partial charge < -0.3 is 16.2 Å². The van der Waals surface area contributed by atoms with Gasteiger partial charge in [0.1, 0.15) is 0 Å². The molecule has 1 aromatic heterocycles. The average Bonchev–Trinajstić information content (AvgIpc) is 2.34. The van der Waals surface area contributed by atoms with Crippen LogP contribution in [-0.2, 0) is 16.1 Å². The number of carbonyl (C=O) groups is 2. The Hall–Kier alpha value is -1.95. The highest BCUT2D eigenvalue weighted by Crippen LogP contribution is 1.96. The number of aromatic nitrogens is 1. The second-order valence-corrected chi connectivity index (χ2v) is 3.58. The van der Waals surface area contributed by atoms with Gasteiger partial charge in [-0.05, 0) is 18.6 Å². The third-order valence-electron chi connectivity index (χ3n) is 2.18. The summed E-state index contributed by atoms with van der Waals surface area (Å²) in [5.74, 6) is -1.32. The number of nitrogens with two attached hydrogens (primary N) is 1. The summed E-state index contributed by atoms with van der Waals surface area (Å²) in [4.78, 5) is 25.8. The summed E-state index contributed by atoms with van der Waals surface area (Å²) in [5.41, 5.74) is 6.26. The van der Waals surface area contributed by atoms with E-state index in [-0.39, 0.29) is 18.7 Å². The van der Waals surface area contributed by atoms with Crippen LogP contribution in [0.3, 0.4) is 0 Å². The Labute approximate surface area is 98.8 Å². The predicted octanol–water partition coefficient (Wildman–Crippen LogP) is -0.110. The van der Waals surface area contributed by atoms with E-state index in [1.165, 1.54) is 0 Å². The van der Waals surface area contributed by atoms with Gasteiger partial charge in [-0.15, -0.1) is 0 Å². The molecule has 0 aliphatic rings. The third kappa shape index (κ3) is 5.07. The Balaban J connectivity index is 2.32. The lowest BCUT2D eigenvalue weighted by Gasteiger charge is -2.10. The van der Waals surface area contributed by atoms with Crippen LogP contribution in [0.15, 0.2) is 24.4 Å². The van der Waals surface area contributed by atoms with E-state index in [1.807, 2.05) is 6.07 Å². The maximum Gasteiger partial charge on any atom is 0.303 e. The third-order valence-corrected chi connectivity index (χ3v) is 2.18. The summed E-state index contributed by atoms with van der Waals surface area (Å²) in [6.07, 6.45) is 1.65. The van der Waals surface area contributed by atoms with E-state index in [0.29, 0.717) is 6.54 Å². The van der Waals surface area contributed by atoms with Crippen LogP contribution in [0, 0.1) is 0 Å². The molecule has 0 fully saturated rings. The normalized spacial score (nSPS) is 11.8. The summed E-state index contributed by atoms with van der Waals surface area (Å²) in [5, 5.41) is 11.1. The summed E-state index contributed by atoms with van der Waals surface area (Å²) >= 11 is 0. The first-order valence-electron chi connectivity index (χ1n) is 5.24. The van der Waals surface area contributed by atoms with E-state index < -0.39 is 12.0 Å². The molecule has 0 aliphatic carbocycles. The molecule has 6 heteroatoms. The number of aliphatic carboxylic acids is 1. The van der Waals surface area contributed by atoms with Gasteiger partial charge in [0.15, 0.2) is 0 Å². The first-order valence-corrected chi connectivity index (χ1v) is 5.24. The van der Waals surface area contributed by atoms with Crippen LogP contribution >= 0.6 is 0 Å². The van der Waals surface area contributed by atoms with Crippen molar-refractivity contribution >= 4 is 11.9 Å². The number of nitrogens with zero attached hydrogens (tertiary/aromatic N) is 1. The van der Waals surface area contributed by atoms with E-state index in [1.54, 1.807) is 18.3 Å². The number of hydrogen-bond donors (Lipinski definition) is 3. The maximum atomic E-state index is 11.5. The Bertz CT molecular complexity index is 381. The molecule has 1 unspecified atom stereocenters. The molecular formula is C11H15N3O3. The molecule has 6 nitrogen and oxygen atoms in total. The van der Waals surface area contributed by atoms with Gasteiger partial charge in [-0.25, -0.2) is 0 Å². The number of pyridine rings is 1. The van der Waals surface area contributed by atoms with Gasteiger partial charge in [0.2, 0.25) is 5.91 Å². The second-order valence-electron chi connectivity index (χ2n) is 3.58. The van der Waals surface area contributed by atoms with Crippen LogP contribution in [0.25, 0.3) is 0 Å². The van der Waals surface area contributed by atoms with Crippen molar-refractivity contribution in [3.05, 3.63) is 30.1 Å². The highest BCUT2D eigenvalue weighted by molar-refractivity contribution is 5.82. The predicted molar refractivity (Wildman–Crippen MR) is 60.9 cm³/mol. The number of nitrogens with one attached hydrogen (secondary N) is 1. The molecule has 0 saturated carbocycles. The molecule has 0 radical (unpaired) electrons. The Kier molecular flexibility index (Phi) is 5.09. The van der Waals surface area contributed by atoms with Crippen molar-refractivity contribution in [2.45, 2.75) is 25.4 Å². The van der Waals surface area contributed by atoms with Gasteiger partial charge in [-0.1, -0.05) is 6.07 Å². The SMILES string of the molecule is NC(CCC(=O)O)C(=O)NCc1ccccn1. The van der Waals surface area contributed by atoms with Crippen LogP contribution in [0.4, 0.5) is 0 Å². The first kappa shape index (κ1) is 13.1. The lowest BCUT2D eigenvalue weighted by atomic mass is 10.1. The van der Waals surface area contributed by atoms with Gasteiger partial charge >= 0.3 is 5.97 Å². The van der Waals surface area contributed by atoms with Crippen LogP contribution < -0.4 is 11.1 Å². The zero-order valence-electron chi connectivity index (χ0n) is 9.30. The fraction of sp³-hybridized carbons (Fsp3) is 0.364. The van der Waals surface area contributed by atoms with E-state index in [9.17, 15) is 9.59 Å². The highest BCUT2D eigenvalue weighted by atomic mass is 16.4. The Morgan fingerprint density at radius 1 is 1.47 bits per heavy atom. The molecule has 0 spiro atoms. The standard InChI is InChI=1S/C11H15N3O3/c12-9(4-5-10(15)16)11(17)14-7-8-3-1-2-6-13-8/h1-3,6,9H,4-5,7,12H2,(H,14,17)(H,15,16). The van der Waals surface area contributed by atoms with Crippen molar-refractivity contribution in [3.63, 3.8) is 0 Å². The molecule has 92 valence electrons. The topological polar surface area (TPSA) is 105 Å². The van der Waals surface area contributed by atoms with Gasteiger partial charge in [-0.3, -0.25) is 14.6 Å². The lowest BCUT2D eigenvalue weighted by Crippen LogP contribution is -2.40.